The molecule has 1 aliphatic rings. The van der Waals surface area contributed by atoms with Gasteiger partial charge in [0.05, 0.1) is 11.4 Å². The number of carbonyl (C=O) groups excluding carboxylic acids is 5. The first-order valence-corrected chi connectivity index (χ1v) is 13.5. The molecule has 0 aliphatic carbocycles. The zero-order valence-electron chi connectivity index (χ0n) is 24.1. The summed E-state index contributed by atoms with van der Waals surface area (Å²) in [5, 5.41) is 0. The first kappa shape index (κ1) is 30.6. The van der Waals surface area contributed by atoms with Crippen molar-refractivity contribution in [3.63, 3.8) is 0 Å². The predicted molar refractivity (Wildman–Crippen MR) is 162 cm³/mol. The Morgan fingerprint density at radius 3 is 1.73 bits per heavy atom. The van der Waals surface area contributed by atoms with Crippen molar-refractivity contribution < 1.29 is 24.0 Å². The third kappa shape index (κ3) is 7.00. The van der Waals surface area contributed by atoms with Gasteiger partial charge < -0.3 is 0 Å². The van der Waals surface area contributed by atoms with Crippen molar-refractivity contribution >= 4 is 40.8 Å². The predicted octanol–water partition coefficient (Wildman–Crippen LogP) is 6.25. The van der Waals surface area contributed by atoms with Crippen LogP contribution in [-0.4, -0.2) is 29.4 Å². The maximum atomic E-state index is 12.9. The fourth-order valence-corrected chi connectivity index (χ4v) is 4.55. The molecule has 1 aliphatic heterocycles. The Morgan fingerprint density at radius 1 is 0.732 bits per heavy atom. The van der Waals surface area contributed by atoms with Gasteiger partial charge in [-0.1, -0.05) is 62.9 Å². The van der Waals surface area contributed by atoms with Crippen molar-refractivity contribution in [3.05, 3.63) is 108 Å². The van der Waals surface area contributed by atoms with E-state index in [1.165, 1.54) is 26.0 Å². The Labute approximate surface area is 240 Å². The standard InChI is InChI=1S/C32H28N2O5.C2H6/c1-20(2)32(39)29-19-28(34-30(37)17-18-31(34)38)16-13-26(29)10-7-23-5-8-24(9-6-23)25-11-14-27(15-12-25)33(21(3)35)22(4)36;1-2/h5-6,8-9,11-19H,1,7,10H2,2-4H3;1-2H3. The SMILES string of the molecule is C=C(C)C(=O)c1cc(N2C(=O)C=CC2=O)ccc1CCc1ccc(-c2ccc(N(C(C)=O)C(C)=O)cc2)cc1.CC. The lowest BCUT2D eigenvalue weighted by molar-refractivity contribution is -0.124. The van der Waals surface area contributed by atoms with E-state index < -0.39 is 11.8 Å². The van der Waals surface area contributed by atoms with E-state index in [2.05, 4.69) is 6.58 Å². The summed E-state index contributed by atoms with van der Waals surface area (Å²) in [6, 6.07) is 20.3. The molecule has 0 spiro atoms. The van der Waals surface area contributed by atoms with Crippen molar-refractivity contribution in [1.29, 1.82) is 0 Å². The maximum Gasteiger partial charge on any atom is 0.258 e. The summed E-state index contributed by atoms with van der Waals surface area (Å²) in [5.74, 6) is -1.78. The molecule has 41 heavy (non-hydrogen) atoms. The first-order chi connectivity index (χ1) is 19.6. The van der Waals surface area contributed by atoms with Crippen LogP contribution in [0.25, 0.3) is 11.1 Å². The minimum absolute atomic E-state index is 0.231. The van der Waals surface area contributed by atoms with Gasteiger partial charge in [0, 0.05) is 31.6 Å². The number of imide groups is 2. The number of nitrogens with zero attached hydrogens (tertiary/aromatic N) is 2. The average Bonchev–Trinajstić information content (AvgIpc) is 3.30. The Morgan fingerprint density at radius 2 is 1.24 bits per heavy atom. The van der Waals surface area contributed by atoms with Crippen molar-refractivity contribution in [2.45, 2.75) is 47.5 Å². The van der Waals surface area contributed by atoms with Crippen LogP contribution in [0, 0.1) is 0 Å². The molecule has 210 valence electrons. The molecule has 0 saturated carbocycles. The Balaban J connectivity index is 0.00000226. The lowest BCUT2D eigenvalue weighted by Gasteiger charge is -2.17. The third-order valence-electron chi connectivity index (χ3n) is 6.52. The summed E-state index contributed by atoms with van der Waals surface area (Å²) in [6.45, 7) is 12.1. The van der Waals surface area contributed by atoms with Gasteiger partial charge in [0.2, 0.25) is 11.8 Å². The number of Topliss-reactive ketones (excluding diaryl/α,β-unsaturated/α-hetero) is 1. The summed E-state index contributed by atoms with van der Waals surface area (Å²) in [4.78, 5) is 62.9. The highest BCUT2D eigenvalue weighted by Gasteiger charge is 2.26. The van der Waals surface area contributed by atoms with Crippen LogP contribution in [-0.2, 0) is 32.0 Å². The molecule has 0 N–H and O–H groups in total. The zero-order valence-corrected chi connectivity index (χ0v) is 24.1. The topological polar surface area (TPSA) is 91.8 Å². The van der Waals surface area contributed by atoms with E-state index in [4.69, 9.17) is 0 Å². The van der Waals surface area contributed by atoms with Crippen LogP contribution in [0.3, 0.4) is 0 Å². The second-order valence-electron chi connectivity index (χ2n) is 9.41. The highest BCUT2D eigenvalue weighted by molar-refractivity contribution is 6.28. The Bertz CT molecular complexity index is 1500. The number of carbonyl (C=O) groups is 5. The number of amides is 4. The molecule has 0 bridgehead atoms. The second kappa shape index (κ2) is 13.4. The number of hydrogen-bond acceptors (Lipinski definition) is 5. The summed E-state index contributed by atoms with van der Waals surface area (Å²) in [5.41, 5.74) is 5.48. The summed E-state index contributed by atoms with van der Waals surface area (Å²) >= 11 is 0. The van der Waals surface area contributed by atoms with Crippen molar-refractivity contribution in [2.75, 3.05) is 9.80 Å². The maximum absolute atomic E-state index is 12.9. The molecule has 0 aromatic heterocycles. The fraction of sp³-hybridized carbons (Fsp3) is 0.206. The minimum Gasteiger partial charge on any atom is -0.289 e. The number of benzene rings is 3. The zero-order chi connectivity index (χ0) is 30.3. The number of aryl methyl sites for hydroxylation is 2. The van der Waals surface area contributed by atoms with Gasteiger partial charge in [0.25, 0.3) is 11.8 Å². The van der Waals surface area contributed by atoms with Crippen molar-refractivity contribution in [1.82, 2.24) is 0 Å². The van der Waals surface area contributed by atoms with Gasteiger partial charge in [-0.25, -0.2) is 4.90 Å². The summed E-state index contributed by atoms with van der Waals surface area (Å²) in [7, 11) is 0. The molecular formula is C34H34N2O5. The number of rotatable bonds is 8. The lowest BCUT2D eigenvalue weighted by Crippen LogP contribution is -2.32. The van der Waals surface area contributed by atoms with Crippen LogP contribution in [0.5, 0.6) is 0 Å². The first-order valence-electron chi connectivity index (χ1n) is 13.5. The van der Waals surface area contributed by atoms with E-state index in [9.17, 15) is 24.0 Å². The van der Waals surface area contributed by atoms with Crippen LogP contribution < -0.4 is 9.80 Å². The molecule has 0 fully saturated rings. The number of hydrogen-bond donors (Lipinski definition) is 0. The summed E-state index contributed by atoms with van der Waals surface area (Å²) < 4.78 is 0. The minimum atomic E-state index is -0.439. The van der Waals surface area contributed by atoms with E-state index in [0.29, 0.717) is 35.4 Å². The molecule has 1 heterocycles. The number of anilines is 2. The average molecular weight is 551 g/mol. The van der Waals surface area contributed by atoms with E-state index in [1.54, 1.807) is 37.3 Å². The van der Waals surface area contributed by atoms with Crippen LogP contribution in [0.15, 0.2) is 91.0 Å². The highest BCUT2D eigenvalue weighted by atomic mass is 16.2. The molecular weight excluding hydrogens is 516 g/mol. The molecule has 0 saturated heterocycles. The van der Waals surface area contributed by atoms with E-state index in [-0.39, 0.29) is 17.6 Å². The van der Waals surface area contributed by atoms with Gasteiger partial charge in [-0.3, -0.25) is 28.9 Å². The molecule has 0 atom stereocenters. The fourth-order valence-electron chi connectivity index (χ4n) is 4.55. The van der Waals surface area contributed by atoms with E-state index >= 15 is 0 Å². The second-order valence-corrected chi connectivity index (χ2v) is 9.41. The molecule has 7 heteroatoms. The van der Waals surface area contributed by atoms with Gasteiger partial charge in [-0.15, -0.1) is 0 Å². The van der Waals surface area contributed by atoms with Gasteiger partial charge in [0.15, 0.2) is 5.78 Å². The molecule has 0 radical (unpaired) electrons. The normalized spacial score (nSPS) is 12.1. The highest BCUT2D eigenvalue weighted by Crippen LogP contribution is 2.27. The smallest absolute Gasteiger partial charge is 0.258 e. The van der Waals surface area contributed by atoms with Crippen LogP contribution in [0.2, 0.25) is 0 Å². The van der Waals surface area contributed by atoms with Crippen LogP contribution in [0.1, 0.15) is 56.1 Å². The number of ketones is 1. The molecule has 0 unspecified atom stereocenters. The lowest BCUT2D eigenvalue weighted by atomic mass is 9.94. The van der Waals surface area contributed by atoms with Crippen molar-refractivity contribution in [3.8, 4) is 11.1 Å². The molecule has 3 aromatic carbocycles. The van der Waals surface area contributed by atoms with Gasteiger partial charge >= 0.3 is 0 Å². The van der Waals surface area contributed by atoms with Crippen LogP contribution >= 0.6 is 0 Å². The largest absolute Gasteiger partial charge is 0.289 e. The Hall–Kier alpha value is -4.91. The van der Waals surface area contributed by atoms with Gasteiger partial charge in [-0.2, -0.15) is 0 Å². The third-order valence-corrected chi connectivity index (χ3v) is 6.52. The molecule has 7 nitrogen and oxygen atoms in total. The summed E-state index contributed by atoms with van der Waals surface area (Å²) in [6.07, 6.45) is 3.67. The number of allylic oxidation sites excluding steroid dienone is 1. The quantitative estimate of drug-likeness (QED) is 0.188. The molecule has 3 aromatic rings. The van der Waals surface area contributed by atoms with Crippen molar-refractivity contribution in [2.24, 2.45) is 0 Å². The van der Waals surface area contributed by atoms with E-state index in [0.717, 1.165) is 32.1 Å². The monoisotopic (exact) mass is 550 g/mol. The molecule has 4 amide bonds. The van der Waals surface area contributed by atoms with E-state index in [1.807, 2.05) is 50.2 Å². The van der Waals surface area contributed by atoms with Gasteiger partial charge in [0.1, 0.15) is 0 Å². The van der Waals surface area contributed by atoms with Crippen LogP contribution in [0.4, 0.5) is 11.4 Å². The Kier molecular flexibility index (Phi) is 10.0. The van der Waals surface area contributed by atoms with Gasteiger partial charge in [-0.05, 0) is 71.9 Å². The molecule has 4 rings (SSSR count).